The third-order valence-corrected chi connectivity index (χ3v) is 4.86. The van der Waals surface area contributed by atoms with Gasteiger partial charge in [-0.15, -0.1) is 11.3 Å². The van der Waals surface area contributed by atoms with Crippen molar-refractivity contribution in [1.82, 2.24) is 5.32 Å². The van der Waals surface area contributed by atoms with Gasteiger partial charge in [0.1, 0.15) is 0 Å². The average Bonchev–Trinajstić information content (AvgIpc) is 2.79. The van der Waals surface area contributed by atoms with Gasteiger partial charge in [0.25, 0.3) is 0 Å². The van der Waals surface area contributed by atoms with Gasteiger partial charge in [0.2, 0.25) is 0 Å². The Bertz CT molecular complexity index is 582. The molecule has 2 nitrogen and oxygen atoms in total. The first-order valence-corrected chi connectivity index (χ1v) is 8.58. The Morgan fingerprint density at radius 1 is 1.24 bits per heavy atom. The van der Waals surface area contributed by atoms with Gasteiger partial charge in [0, 0.05) is 27.2 Å². The molecule has 0 aliphatic carbocycles. The van der Waals surface area contributed by atoms with E-state index in [2.05, 4.69) is 64.2 Å². The smallest absolute Gasteiger partial charge is 0.0737 e. The second-order valence-electron chi connectivity index (χ2n) is 6.63. The Morgan fingerprint density at radius 2 is 1.95 bits per heavy atom. The highest BCUT2D eigenvalue weighted by atomic mass is 32.1. The van der Waals surface area contributed by atoms with Crippen molar-refractivity contribution in [2.45, 2.75) is 65.8 Å². The first-order valence-electron chi connectivity index (χ1n) is 7.76. The topological polar surface area (TPSA) is 21.3 Å². The van der Waals surface area contributed by atoms with Crippen LogP contribution >= 0.6 is 11.3 Å². The van der Waals surface area contributed by atoms with Crippen LogP contribution in [-0.4, -0.2) is 11.6 Å². The molecule has 1 atom stereocenters. The quantitative estimate of drug-likeness (QED) is 0.801. The summed E-state index contributed by atoms with van der Waals surface area (Å²) in [4.78, 5) is 1.40. The summed E-state index contributed by atoms with van der Waals surface area (Å²) in [5, 5.41) is 4.94. The monoisotopic (exact) mass is 305 g/mol. The molecule has 3 heteroatoms. The maximum atomic E-state index is 6.00. The van der Waals surface area contributed by atoms with Gasteiger partial charge in [-0.1, -0.05) is 25.1 Å². The van der Waals surface area contributed by atoms with Gasteiger partial charge in [0.05, 0.1) is 12.7 Å². The molecule has 0 aliphatic rings. The van der Waals surface area contributed by atoms with Crippen molar-refractivity contribution >= 4 is 21.4 Å². The van der Waals surface area contributed by atoms with E-state index < -0.39 is 0 Å². The van der Waals surface area contributed by atoms with E-state index >= 15 is 0 Å². The van der Waals surface area contributed by atoms with Gasteiger partial charge in [0.15, 0.2) is 0 Å². The normalized spacial score (nSPS) is 13.8. The van der Waals surface area contributed by atoms with Crippen LogP contribution in [0.15, 0.2) is 24.3 Å². The van der Waals surface area contributed by atoms with E-state index in [0.29, 0.717) is 12.7 Å². The number of hydrogen-bond acceptors (Lipinski definition) is 3. The molecule has 0 aliphatic heterocycles. The molecule has 2 rings (SSSR count). The van der Waals surface area contributed by atoms with E-state index in [-0.39, 0.29) is 5.54 Å². The van der Waals surface area contributed by atoms with Gasteiger partial charge in [-0.05, 0) is 45.6 Å². The minimum absolute atomic E-state index is 0.130. The zero-order valence-corrected chi connectivity index (χ0v) is 14.6. The molecule has 116 valence electrons. The van der Waals surface area contributed by atoms with E-state index in [1.807, 2.05) is 11.3 Å². The molecule has 0 saturated carbocycles. The van der Waals surface area contributed by atoms with Crippen LogP contribution in [0.2, 0.25) is 0 Å². The number of benzene rings is 1. The highest BCUT2D eigenvalue weighted by Gasteiger charge is 2.15. The van der Waals surface area contributed by atoms with Crippen molar-refractivity contribution in [2.75, 3.05) is 0 Å². The van der Waals surface area contributed by atoms with Crippen LogP contribution in [0.4, 0.5) is 0 Å². The minimum atomic E-state index is 0.130. The standard InChI is InChI=1S/C18H27NOS/c1-6-13(2)20-12-15-14-9-7-8-10-16(14)21-17(15)11-19-18(3,4)5/h7-10,13,19H,6,11-12H2,1-5H3. The first kappa shape index (κ1) is 16.5. The fraction of sp³-hybridized carbons (Fsp3) is 0.556. The summed E-state index contributed by atoms with van der Waals surface area (Å²) in [6, 6.07) is 8.64. The molecular weight excluding hydrogens is 278 g/mol. The predicted molar refractivity (Wildman–Crippen MR) is 93.0 cm³/mol. The van der Waals surface area contributed by atoms with Crippen LogP contribution in [0, 0.1) is 0 Å². The zero-order valence-electron chi connectivity index (χ0n) is 13.8. The molecule has 0 amide bonds. The van der Waals surface area contributed by atoms with Gasteiger partial charge >= 0.3 is 0 Å². The molecule has 0 fully saturated rings. The summed E-state index contributed by atoms with van der Waals surface area (Å²) in [5.41, 5.74) is 1.48. The molecule has 0 radical (unpaired) electrons. The molecule has 1 N–H and O–H groups in total. The molecule has 2 aromatic rings. The molecule has 0 saturated heterocycles. The minimum Gasteiger partial charge on any atom is -0.374 e. The second-order valence-corrected chi connectivity index (χ2v) is 7.77. The summed E-state index contributed by atoms with van der Waals surface area (Å²) in [7, 11) is 0. The number of ether oxygens (including phenoxy) is 1. The van der Waals surface area contributed by atoms with E-state index in [9.17, 15) is 0 Å². The van der Waals surface area contributed by atoms with E-state index in [1.54, 1.807) is 0 Å². The van der Waals surface area contributed by atoms with Crippen LogP contribution in [-0.2, 0) is 17.9 Å². The number of hydrogen-bond donors (Lipinski definition) is 1. The molecule has 0 spiro atoms. The van der Waals surface area contributed by atoms with Crippen molar-refractivity contribution in [3.63, 3.8) is 0 Å². The van der Waals surface area contributed by atoms with Crippen molar-refractivity contribution in [3.8, 4) is 0 Å². The summed E-state index contributed by atoms with van der Waals surface area (Å²) in [6.45, 7) is 12.5. The molecule has 1 aromatic carbocycles. The maximum Gasteiger partial charge on any atom is 0.0737 e. The Labute approximate surface area is 132 Å². The molecular formula is C18H27NOS. The molecule has 0 bridgehead atoms. The summed E-state index contributed by atoms with van der Waals surface area (Å²) in [5.74, 6) is 0. The van der Waals surface area contributed by atoms with E-state index in [4.69, 9.17) is 4.74 Å². The van der Waals surface area contributed by atoms with Crippen molar-refractivity contribution < 1.29 is 4.74 Å². The largest absolute Gasteiger partial charge is 0.374 e. The van der Waals surface area contributed by atoms with E-state index in [1.165, 1.54) is 20.5 Å². The average molecular weight is 305 g/mol. The lowest BCUT2D eigenvalue weighted by atomic mass is 10.1. The number of nitrogens with one attached hydrogen (secondary N) is 1. The lowest BCUT2D eigenvalue weighted by Crippen LogP contribution is -2.35. The summed E-state index contributed by atoms with van der Waals surface area (Å²) in [6.07, 6.45) is 1.37. The Kier molecular flexibility index (Phi) is 5.42. The van der Waals surface area contributed by atoms with Crippen molar-refractivity contribution in [1.29, 1.82) is 0 Å². The van der Waals surface area contributed by atoms with Crippen LogP contribution in [0.25, 0.3) is 10.1 Å². The molecule has 21 heavy (non-hydrogen) atoms. The predicted octanol–water partition coefficient (Wildman–Crippen LogP) is 5.10. The van der Waals surface area contributed by atoms with Crippen LogP contribution in [0.3, 0.4) is 0 Å². The Hall–Kier alpha value is -0.900. The fourth-order valence-electron chi connectivity index (χ4n) is 2.14. The lowest BCUT2D eigenvalue weighted by Gasteiger charge is -2.20. The van der Waals surface area contributed by atoms with Crippen LogP contribution < -0.4 is 5.32 Å². The van der Waals surface area contributed by atoms with Gasteiger partial charge in [-0.3, -0.25) is 0 Å². The third-order valence-electron chi connectivity index (χ3n) is 3.65. The highest BCUT2D eigenvalue weighted by Crippen LogP contribution is 2.32. The summed E-state index contributed by atoms with van der Waals surface area (Å²) >= 11 is 1.88. The van der Waals surface area contributed by atoms with E-state index in [0.717, 1.165) is 13.0 Å². The Balaban J connectivity index is 2.25. The molecule has 1 unspecified atom stereocenters. The molecule has 1 heterocycles. The van der Waals surface area contributed by atoms with Crippen LogP contribution in [0.1, 0.15) is 51.5 Å². The van der Waals surface area contributed by atoms with Gasteiger partial charge < -0.3 is 10.1 Å². The van der Waals surface area contributed by atoms with Crippen LogP contribution in [0.5, 0.6) is 0 Å². The number of thiophene rings is 1. The summed E-state index contributed by atoms with van der Waals surface area (Å²) < 4.78 is 7.35. The second kappa shape index (κ2) is 6.91. The zero-order chi connectivity index (χ0) is 15.5. The first-order chi connectivity index (χ1) is 9.90. The SMILES string of the molecule is CCC(C)OCc1c(CNC(C)(C)C)sc2ccccc12. The molecule has 1 aromatic heterocycles. The maximum absolute atomic E-state index is 6.00. The highest BCUT2D eigenvalue weighted by molar-refractivity contribution is 7.19. The van der Waals surface area contributed by atoms with Gasteiger partial charge in [-0.25, -0.2) is 0 Å². The Morgan fingerprint density at radius 3 is 2.62 bits per heavy atom. The van der Waals surface area contributed by atoms with Gasteiger partial charge in [-0.2, -0.15) is 0 Å². The van der Waals surface area contributed by atoms with Crippen molar-refractivity contribution in [3.05, 3.63) is 34.7 Å². The van der Waals surface area contributed by atoms with Crippen molar-refractivity contribution in [2.24, 2.45) is 0 Å². The fourth-order valence-corrected chi connectivity index (χ4v) is 3.29. The number of fused-ring (bicyclic) bond motifs is 1. The third kappa shape index (κ3) is 4.53. The lowest BCUT2D eigenvalue weighted by molar-refractivity contribution is 0.0512. The number of rotatable bonds is 6.